The molecule has 0 spiro atoms. The average Bonchev–Trinajstić information content (AvgIpc) is 2.61. The predicted octanol–water partition coefficient (Wildman–Crippen LogP) is 0.751. The van der Waals surface area contributed by atoms with Gasteiger partial charge in [-0.3, -0.25) is 4.79 Å². The van der Waals surface area contributed by atoms with E-state index in [1.807, 2.05) is 0 Å². The third-order valence-corrected chi connectivity index (χ3v) is 7.14. The van der Waals surface area contributed by atoms with Crippen LogP contribution < -0.4 is 4.90 Å². The number of carbonyl (C=O) groups is 1. The Balaban J connectivity index is 2.13. The second kappa shape index (κ2) is 8.68. The van der Waals surface area contributed by atoms with Crippen molar-refractivity contribution in [3.05, 3.63) is 28.2 Å². The van der Waals surface area contributed by atoms with Gasteiger partial charge in [0.1, 0.15) is 4.90 Å². The zero-order valence-electron chi connectivity index (χ0n) is 14.5. The van der Waals surface area contributed by atoms with E-state index in [9.17, 15) is 13.2 Å². The lowest BCUT2D eigenvalue weighted by molar-refractivity contribution is -0.902. The Labute approximate surface area is 159 Å². The first-order valence-electron chi connectivity index (χ1n) is 8.36. The Kier molecular flexibility index (Phi) is 7.10. The first kappa shape index (κ1) is 20.5. The van der Waals surface area contributed by atoms with Gasteiger partial charge in [0.05, 0.1) is 44.3 Å². The molecule has 0 atom stereocenters. The van der Waals surface area contributed by atoms with Crippen LogP contribution >= 0.6 is 23.2 Å². The van der Waals surface area contributed by atoms with Gasteiger partial charge in [-0.25, -0.2) is 8.42 Å². The van der Waals surface area contributed by atoms with Crippen LogP contribution in [0.1, 0.15) is 13.8 Å². The molecule has 0 aliphatic carbocycles. The Morgan fingerprint density at radius 1 is 1.24 bits per heavy atom. The summed E-state index contributed by atoms with van der Waals surface area (Å²) in [5.74, 6) is -0.182. The molecule has 2 rings (SSSR count). The van der Waals surface area contributed by atoms with Gasteiger partial charge in [0.25, 0.3) is 0 Å². The maximum Gasteiger partial charge on any atom is 0.245 e. The van der Waals surface area contributed by atoms with Crippen LogP contribution in [0.15, 0.2) is 23.1 Å². The van der Waals surface area contributed by atoms with E-state index >= 15 is 0 Å². The van der Waals surface area contributed by atoms with Crippen LogP contribution in [0.3, 0.4) is 0 Å². The number of rotatable bonds is 6. The summed E-state index contributed by atoms with van der Waals surface area (Å²) in [5.41, 5.74) is 0. The molecule has 1 saturated heterocycles. The Bertz CT molecular complexity index is 719. The smallest absolute Gasteiger partial charge is 0.245 e. The van der Waals surface area contributed by atoms with Crippen molar-refractivity contribution in [2.24, 2.45) is 0 Å². The summed E-state index contributed by atoms with van der Waals surface area (Å²) in [6.07, 6.45) is 0. The number of quaternary nitrogens is 1. The number of sulfonamides is 1. The number of nitrogens with one attached hydrogen (secondary N) is 1. The van der Waals surface area contributed by atoms with E-state index in [1.165, 1.54) is 23.1 Å². The highest BCUT2D eigenvalue weighted by Crippen LogP contribution is 2.27. The van der Waals surface area contributed by atoms with E-state index in [0.717, 1.165) is 23.9 Å². The van der Waals surface area contributed by atoms with Crippen molar-refractivity contribution in [2.75, 3.05) is 45.8 Å². The van der Waals surface area contributed by atoms with Crippen molar-refractivity contribution in [2.45, 2.75) is 18.7 Å². The minimum absolute atomic E-state index is 0.0726. The van der Waals surface area contributed by atoms with E-state index in [1.54, 1.807) is 11.8 Å². The molecule has 1 aromatic carbocycles. The SMILES string of the molecule is CCN(CC(=O)N1CC[NH+](CC)CC1)S(=O)(=O)c1cc(Cl)ccc1Cl. The van der Waals surface area contributed by atoms with Crippen LogP contribution in [0.4, 0.5) is 0 Å². The molecule has 140 valence electrons. The molecule has 6 nitrogen and oxygen atoms in total. The molecule has 0 radical (unpaired) electrons. The van der Waals surface area contributed by atoms with Gasteiger partial charge in [0.15, 0.2) is 0 Å². The highest BCUT2D eigenvalue weighted by atomic mass is 35.5. The number of piperazine rings is 1. The summed E-state index contributed by atoms with van der Waals surface area (Å²) < 4.78 is 26.9. The minimum Gasteiger partial charge on any atom is -0.332 e. The number of likely N-dealkylation sites (N-methyl/N-ethyl adjacent to an activating group) is 2. The van der Waals surface area contributed by atoms with Crippen LogP contribution in [0.5, 0.6) is 0 Å². The number of hydrogen-bond acceptors (Lipinski definition) is 3. The predicted molar refractivity (Wildman–Crippen MR) is 98.7 cm³/mol. The lowest BCUT2D eigenvalue weighted by Crippen LogP contribution is -3.14. The molecule has 0 saturated carbocycles. The molecule has 0 aromatic heterocycles. The summed E-state index contributed by atoms with van der Waals surface area (Å²) >= 11 is 11.9. The molecule has 25 heavy (non-hydrogen) atoms. The summed E-state index contributed by atoms with van der Waals surface area (Å²) in [6, 6.07) is 4.29. The zero-order chi connectivity index (χ0) is 18.6. The number of amides is 1. The third-order valence-electron chi connectivity index (χ3n) is 4.50. The molecule has 1 aliphatic rings. The summed E-state index contributed by atoms with van der Waals surface area (Å²) in [4.78, 5) is 15.7. The molecule has 9 heteroatoms. The maximum absolute atomic E-state index is 12.9. The largest absolute Gasteiger partial charge is 0.332 e. The number of nitrogens with zero attached hydrogens (tertiary/aromatic N) is 2. The second-order valence-corrected chi connectivity index (χ2v) is 8.74. The summed E-state index contributed by atoms with van der Waals surface area (Å²) in [7, 11) is -3.89. The van der Waals surface area contributed by atoms with Crippen LogP contribution in [-0.4, -0.2) is 69.3 Å². The minimum atomic E-state index is -3.89. The fraction of sp³-hybridized carbons (Fsp3) is 0.562. The topological polar surface area (TPSA) is 62.1 Å². The Hall–Kier alpha value is -0.860. The van der Waals surface area contributed by atoms with Crippen LogP contribution in [0, 0.1) is 0 Å². The van der Waals surface area contributed by atoms with Crippen molar-refractivity contribution in [1.29, 1.82) is 0 Å². The number of hydrogen-bond donors (Lipinski definition) is 1. The maximum atomic E-state index is 12.9. The summed E-state index contributed by atoms with van der Waals surface area (Å²) in [6.45, 7) is 7.91. The van der Waals surface area contributed by atoms with E-state index in [2.05, 4.69) is 6.92 Å². The first-order chi connectivity index (χ1) is 11.8. The van der Waals surface area contributed by atoms with Crippen molar-refractivity contribution in [1.82, 2.24) is 9.21 Å². The van der Waals surface area contributed by atoms with E-state index in [4.69, 9.17) is 23.2 Å². The molecule has 1 heterocycles. The molecule has 1 amide bonds. The van der Waals surface area contributed by atoms with Crippen LogP contribution in [0.25, 0.3) is 0 Å². The molecule has 0 bridgehead atoms. The molecule has 1 N–H and O–H groups in total. The third kappa shape index (κ3) is 4.86. The van der Waals surface area contributed by atoms with Gasteiger partial charge in [-0.05, 0) is 25.1 Å². The zero-order valence-corrected chi connectivity index (χ0v) is 16.8. The molecule has 1 aliphatic heterocycles. The van der Waals surface area contributed by atoms with Crippen LogP contribution in [-0.2, 0) is 14.8 Å². The van der Waals surface area contributed by atoms with Crippen molar-refractivity contribution >= 4 is 39.1 Å². The second-order valence-electron chi connectivity index (χ2n) is 5.99. The van der Waals surface area contributed by atoms with E-state index in [0.29, 0.717) is 13.1 Å². The highest BCUT2D eigenvalue weighted by Gasteiger charge is 2.30. The van der Waals surface area contributed by atoms with E-state index < -0.39 is 10.0 Å². The van der Waals surface area contributed by atoms with Crippen molar-refractivity contribution in [3.8, 4) is 0 Å². The quantitative estimate of drug-likeness (QED) is 0.755. The van der Waals surface area contributed by atoms with E-state index in [-0.39, 0.29) is 33.9 Å². The number of benzene rings is 1. The Morgan fingerprint density at radius 3 is 2.44 bits per heavy atom. The lowest BCUT2D eigenvalue weighted by Gasteiger charge is -2.33. The fourth-order valence-corrected chi connectivity index (χ4v) is 4.99. The van der Waals surface area contributed by atoms with Gasteiger partial charge in [0.2, 0.25) is 15.9 Å². The monoisotopic (exact) mass is 408 g/mol. The molecular weight excluding hydrogens is 385 g/mol. The van der Waals surface area contributed by atoms with Crippen molar-refractivity contribution < 1.29 is 18.1 Å². The number of carbonyl (C=O) groups excluding carboxylic acids is 1. The molecule has 0 unspecified atom stereocenters. The number of halogens is 2. The summed E-state index contributed by atoms with van der Waals surface area (Å²) in [5, 5.41) is 0.375. The molecule has 1 aromatic rings. The van der Waals surface area contributed by atoms with Gasteiger partial charge in [0, 0.05) is 11.6 Å². The van der Waals surface area contributed by atoms with Gasteiger partial charge < -0.3 is 9.80 Å². The first-order valence-corrected chi connectivity index (χ1v) is 10.6. The lowest BCUT2D eigenvalue weighted by atomic mass is 10.3. The Morgan fingerprint density at radius 2 is 1.88 bits per heavy atom. The van der Waals surface area contributed by atoms with Gasteiger partial charge in [-0.1, -0.05) is 30.1 Å². The fourth-order valence-electron chi connectivity index (χ4n) is 2.86. The van der Waals surface area contributed by atoms with Crippen LogP contribution in [0.2, 0.25) is 10.0 Å². The van der Waals surface area contributed by atoms with Crippen molar-refractivity contribution in [3.63, 3.8) is 0 Å². The standard InChI is InChI=1S/C16H23Cl2N3O3S/c1-3-19-7-9-20(10-8-19)16(22)12-21(4-2)25(23,24)15-11-13(17)5-6-14(15)18/h5-6,11H,3-4,7-10,12H2,1-2H3/p+1. The van der Waals surface area contributed by atoms with Gasteiger partial charge in [-0.2, -0.15) is 4.31 Å². The van der Waals surface area contributed by atoms with Gasteiger partial charge >= 0.3 is 0 Å². The van der Waals surface area contributed by atoms with Gasteiger partial charge in [-0.15, -0.1) is 0 Å². The molecular formula is C16H24Cl2N3O3S+. The molecule has 1 fully saturated rings. The normalized spacial score (nSPS) is 16.4. The average molecular weight is 409 g/mol. The highest BCUT2D eigenvalue weighted by molar-refractivity contribution is 7.89.